The van der Waals surface area contributed by atoms with Crippen molar-refractivity contribution in [1.29, 1.82) is 0 Å². The highest BCUT2D eigenvalue weighted by atomic mass is 19.1. The van der Waals surface area contributed by atoms with Crippen LogP contribution in [0.25, 0.3) is 0 Å². The van der Waals surface area contributed by atoms with Gasteiger partial charge in [0.2, 0.25) is 0 Å². The molecular formula is C19H22FN4O2+. The Kier molecular flexibility index (Phi) is 5.80. The monoisotopic (exact) mass is 357 g/mol. The molecule has 2 aromatic carbocycles. The molecule has 0 bridgehead atoms. The lowest BCUT2D eigenvalue weighted by Crippen LogP contribution is -3.16. The van der Waals surface area contributed by atoms with Gasteiger partial charge in [0.25, 0.3) is 5.91 Å². The van der Waals surface area contributed by atoms with Crippen LogP contribution in [-0.2, 0) is 4.79 Å². The molecule has 1 aliphatic rings. The van der Waals surface area contributed by atoms with Gasteiger partial charge >= 0.3 is 6.03 Å². The van der Waals surface area contributed by atoms with Gasteiger partial charge in [0.05, 0.1) is 26.2 Å². The summed E-state index contributed by atoms with van der Waals surface area (Å²) in [5, 5.41) is 4.98. The minimum atomic E-state index is -0.523. The van der Waals surface area contributed by atoms with Crippen molar-refractivity contribution in [3.8, 4) is 0 Å². The first-order valence-electron chi connectivity index (χ1n) is 8.60. The van der Waals surface area contributed by atoms with Gasteiger partial charge in [-0.05, 0) is 36.4 Å². The standard InChI is InChI=1S/C19H21FN4O2/c20-15-6-8-17(9-7-15)24-12-10-23(11-13-24)14-18(25)22-19(26)21-16-4-2-1-3-5-16/h1-9H,10-14H2,(H2,21,22,25,26)/p+1. The fourth-order valence-electron chi connectivity index (χ4n) is 2.99. The van der Waals surface area contributed by atoms with E-state index in [0.717, 1.165) is 36.8 Å². The first-order valence-corrected chi connectivity index (χ1v) is 8.60. The number of nitrogens with one attached hydrogen (secondary N) is 3. The molecule has 0 radical (unpaired) electrons. The van der Waals surface area contributed by atoms with Crippen molar-refractivity contribution in [2.75, 3.05) is 42.9 Å². The summed E-state index contributed by atoms with van der Waals surface area (Å²) in [6, 6.07) is 14.9. The van der Waals surface area contributed by atoms with E-state index in [1.54, 1.807) is 24.3 Å². The molecule has 26 heavy (non-hydrogen) atoms. The molecule has 136 valence electrons. The van der Waals surface area contributed by atoms with Crippen molar-refractivity contribution in [1.82, 2.24) is 5.32 Å². The third-order valence-corrected chi connectivity index (χ3v) is 4.36. The van der Waals surface area contributed by atoms with E-state index in [4.69, 9.17) is 0 Å². The van der Waals surface area contributed by atoms with Crippen molar-refractivity contribution in [2.24, 2.45) is 0 Å². The van der Waals surface area contributed by atoms with Gasteiger partial charge in [-0.1, -0.05) is 18.2 Å². The third-order valence-electron chi connectivity index (χ3n) is 4.36. The second-order valence-corrected chi connectivity index (χ2v) is 6.26. The van der Waals surface area contributed by atoms with Crippen LogP contribution in [0.4, 0.5) is 20.6 Å². The van der Waals surface area contributed by atoms with Crippen LogP contribution in [0.2, 0.25) is 0 Å². The fraction of sp³-hybridized carbons (Fsp3) is 0.263. The Bertz CT molecular complexity index is 744. The fourth-order valence-corrected chi connectivity index (χ4v) is 2.99. The number of nitrogens with zero attached hydrogens (tertiary/aromatic N) is 1. The molecule has 6 nitrogen and oxygen atoms in total. The average Bonchev–Trinajstić information content (AvgIpc) is 2.64. The number of hydrogen-bond acceptors (Lipinski definition) is 3. The summed E-state index contributed by atoms with van der Waals surface area (Å²) in [5.41, 5.74) is 1.62. The molecule has 1 aliphatic heterocycles. The van der Waals surface area contributed by atoms with E-state index in [0.29, 0.717) is 5.69 Å². The van der Waals surface area contributed by atoms with Crippen LogP contribution in [0.15, 0.2) is 54.6 Å². The molecule has 0 unspecified atom stereocenters. The van der Waals surface area contributed by atoms with Crippen molar-refractivity contribution in [3.05, 3.63) is 60.4 Å². The van der Waals surface area contributed by atoms with E-state index in [-0.39, 0.29) is 18.3 Å². The Morgan fingerprint density at radius 3 is 2.31 bits per heavy atom. The number of halogens is 1. The van der Waals surface area contributed by atoms with Crippen LogP contribution in [-0.4, -0.2) is 44.7 Å². The normalized spacial score (nSPS) is 14.7. The third kappa shape index (κ3) is 5.03. The van der Waals surface area contributed by atoms with E-state index in [1.165, 1.54) is 12.1 Å². The average molecular weight is 357 g/mol. The number of benzene rings is 2. The minimum absolute atomic E-state index is 0.247. The maximum Gasteiger partial charge on any atom is 0.326 e. The number of piperazine rings is 1. The highest BCUT2D eigenvalue weighted by Crippen LogP contribution is 2.14. The number of rotatable bonds is 4. The largest absolute Gasteiger partial charge is 0.360 e. The van der Waals surface area contributed by atoms with Gasteiger partial charge < -0.3 is 15.1 Å². The number of urea groups is 1. The van der Waals surface area contributed by atoms with Crippen LogP contribution in [0.1, 0.15) is 0 Å². The number of carbonyl (C=O) groups is 2. The molecule has 1 fully saturated rings. The summed E-state index contributed by atoms with van der Waals surface area (Å²) in [6.07, 6.45) is 0. The highest BCUT2D eigenvalue weighted by Gasteiger charge is 2.23. The maximum atomic E-state index is 13.0. The number of carbonyl (C=O) groups excluding carboxylic acids is 2. The van der Waals surface area contributed by atoms with Crippen molar-refractivity contribution < 1.29 is 18.9 Å². The van der Waals surface area contributed by atoms with Crippen LogP contribution in [0.5, 0.6) is 0 Å². The smallest absolute Gasteiger partial charge is 0.326 e. The first-order chi connectivity index (χ1) is 12.6. The quantitative estimate of drug-likeness (QED) is 0.761. The van der Waals surface area contributed by atoms with Gasteiger partial charge in [-0.25, -0.2) is 9.18 Å². The number of amides is 3. The molecule has 7 heteroatoms. The predicted octanol–water partition coefficient (Wildman–Crippen LogP) is 0.879. The Morgan fingerprint density at radius 2 is 1.65 bits per heavy atom. The Balaban J connectivity index is 1.41. The Hall–Kier alpha value is -2.93. The van der Waals surface area contributed by atoms with Gasteiger partial charge in [0, 0.05) is 11.4 Å². The Morgan fingerprint density at radius 1 is 1.00 bits per heavy atom. The van der Waals surface area contributed by atoms with Crippen LogP contribution in [0.3, 0.4) is 0 Å². The number of imide groups is 1. The van der Waals surface area contributed by atoms with Gasteiger partial charge in [-0.2, -0.15) is 0 Å². The van der Waals surface area contributed by atoms with Gasteiger partial charge in [-0.3, -0.25) is 10.1 Å². The topological polar surface area (TPSA) is 65.9 Å². The summed E-state index contributed by atoms with van der Waals surface area (Å²) >= 11 is 0. The lowest BCUT2D eigenvalue weighted by molar-refractivity contribution is -0.892. The number of para-hydroxylation sites is 1. The Labute approximate surface area is 151 Å². The number of hydrogen-bond donors (Lipinski definition) is 3. The van der Waals surface area contributed by atoms with E-state index >= 15 is 0 Å². The zero-order valence-electron chi connectivity index (χ0n) is 14.4. The zero-order valence-corrected chi connectivity index (χ0v) is 14.4. The molecule has 0 atom stereocenters. The summed E-state index contributed by atoms with van der Waals surface area (Å²) in [5.74, 6) is -0.549. The molecule has 3 amide bonds. The van der Waals surface area contributed by atoms with Crippen molar-refractivity contribution in [2.45, 2.75) is 0 Å². The first kappa shape index (κ1) is 17.9. The summed E-state index contributed by atoms with van der Waals surface area (Å²) in [7, 11) is 0. The summed E-state index contributed by atoms with van der Waals surface area (Å²) in [6.45, 7) is 3.38. The van der Waals surface area contributed by atoms with Gasteiger partial charge in [0.15, 0.2) is 6.54 Å². The zero-order chi connectivity index (χ0) is 18.4. The molecule has 2 aromatic rings. The van der Waals surface area contributed by atoms with E-state index in [2.05, 4.69) is 15.5 Å². The van der Waals surface area contributed by atoms with Crippen LogP contribution in [0, 0.1) is 5.82 Å². The molecule has 0 spiro atoms. The molecule has 0 saturated carbocycles. The molecular weight excluding hydrogens is 335 g/mol. The SMILES string of the molecule is O=C(C[NH+]1CCN(c2ccc(F)cc2)CC1)NC(=O)Nc1ccccc1. The molecule has 3 rings (SSSR count). The van der Waals surface area contributed by atoms with E-state index in [9.17, 15) is 14.0 Å². The minimum Gasteiger partial charge on any atom is -0.360 e. The molecule has 1 saturated heterocycles. The predicted molar refractivity (Wildman–Crippen MR) is 97.8 cm³/mol. The van der Waals surface area contributed by atoms with Crippen LogP contribution >= 0.6 is 0 Å². The second kappa shape index (κ2) is 8.44. The molecule has 0 aromatic heterocycles. The lowest BCUT2D eigenvalue weighted by atomic mass is 10.2. The summed E-state index contributed by atoms with van der Waals surface area (Å²) in [4.78, 5) is 27.2. The number of anilines is 2. The molecule has 0 aliphatic carbocycles. The maximum absolute atomic E-state index is 13.0. The lowest BCUT2D eigenvalue weighted by Gasteiger charge is -2.33. The van der Waals surface area contributed by atoms with Crippen molar-refractivity contribution >= 4 is 23.3 Å². The highest BCUT2D eigenvalue weighted by molar-refractivity contribution is 6.01. The molecule has 3 N–H and O–H groups in total. The van der Waals surface area contributed by atoms with E-state index < -0.39 is 6.03 Å². The van der Waals surface area contributed by atoms with Gasteiger partial charge in [-0.15, -0.1) is 0 Å². The number of quaternary nitrogens is 1. The molecule has 1 heterocycles. The van der Waals surface area contributed by atoms with Crippen LogP contribution < -0.4 is 20.4 Å². The van der Waals surface area contributed by atoms with Gasteiger partial charge in [0.1, 0.15) is 5.82 Å². The van der Waals surface area contributed by atoms with E-state index in [1.807, 2.05) is 18.2 Å². The summed E-state index contributed by atoms with van der Waals surface area (Å²) < 4.78 is 13.0. The van der Waals surface area contributed by atoms with Crippen molar-refractivity contribution in [3.63, 3.8) is 0 Å². The second-order valence-electron chi connectivity index (χ2n) is 6.26.